The van der Waals surface area contributed by atoms with Crippen molar-refractivity contribution in [3.63, 3.8) is 0 Å². The van der Waals surface area contributed by atoms with Gasteiger partial charge in [-0.05, 0) is 48.4 Å². The van der Waals surface area contributed by atoms with Gasteiger partial charge in [0, 0.05) is 55.7 Å². The summed E-state index contributed by atoms with van der Waals surface area (Å²) in [5.74, 6) is 0. The predicted octanol–water partition coefficient (Wildman–Crippen LogP) is 3.51. The summed E-state index contributed by atoms with van der Waals surface area (Å²) >= 11 is 0. The number of benzene rings is 1. The zero-order valence-electron chi connectivity index (χ0n) is 14.4. The summed E-state index contributed by atoms with van der Waals surface area (Å²) in [5, 5.41) is 4.73. The molecule has 25 heavy (non-hydrogen) atoms. The van der Waals surface area contributed by atoms with E-state index in [1.54, 1.807) is 0 Å². The number of pyridine rings is 2. The Balaban J connectivity index is 0.00000182. The van der Waals surface area contributed by atoms with Crippen molar-refractivity contribution < 1.29 is 0 Å². The van der Waals surface area contributed by atoms with Crippen LogP contribution < -0.4 is 5.32 Å². The van der Waals surface area contributed by atoms with E-state index in [-0.39, 0.29) is 12.4 Å². The van der Waals surface area contributed by atoms with Gasteiger partial charge in [0.15, 0.2) is 0 Å². The summed E-state index contributed by atoms with van der Waals surface area (Å²) < 4.78 is 0. The SMILES string of the molecule is Cc1ccc2cc(CN3CCNCC3c3ccncc3)ccc2n1.Cl. The van der Waals surface area contributed by atoms with Gasteiger partial charge in [-0.3, -0.25) is 14.9 Å². The first-order chi connectivity index (χ1) is 11.8. The molecule has 130 valence electrons. The van der Waals surface area contributed by atoms with Crippen molar-refractivity contribution in [2.45, 2.75) is 19.5 Å². The lowest BCUT2D eigenvalue weighted by Gasteiger charge is -2.36. The molecule has 1 aliphatic rings. The first kappa shape index (κ1) is 17.8. The van der Waals surface area contributed by atoms with Crippen LogP contribution in [0.2, 0.25) is 0 Å². The van der Waals surface area contributed by atoms with Gasteiger partial charge in [-0.1, -0.05) is 12.1 Å². The average molecular weight is 355 g/mol. The fraction of sp³-hybridized carbons (Fsp3) is 0.300. The molecule has 1 fully saturated rings. The molecule has 3 heterocycles. The molecule has 1 saturated heterocycles. The van der Waals surface area contributed by atoms with E-state index in [0.717, 1.165) is 37.4 Å². The Morgan fingerprint density at radius 1 is 1.12 bits per heavy atom. The third kappa shape index (κ3) is 3.98. The van der Waals surface area contributed by atoms with Crippen LogP contribution in [0.25, 0.3) is 10.9 Å². The molecule has 4 rings (SSSR count). The van der Waals surface area contributed by atoms with Gasteiger partial charge in [0.2, 0.25) is 0 Å². The highest BCUT2D eigenvalue weighted by atomic mass is 35.5. The summed E-state index contributed by atoms with van der Waals surface area (Å²) in [6, 6.07) is 15.5. The Morgan fingerprint density at radius 2 is 1.96 bits per heavy atom. The molecule has 2 aromatic heterocycles. The van der Waals surface area contributed by atoms with Crippen molar-refractivity contribution in [1.29, 1.82) is 0 Å². The molecule has 4 nitrogen and oxygen atoms in total. The Bertz CT molecular complexity index is 837. The topological polar surface area (TPSA) is 41.0 Å². The van der Waals surface area contributed by atoms with E-state index in [9.17, 15) is 0 Å². The number of fused-ring (bicyclic) bond motifs is 1. The van der Waals surface area contributed by atoms with Gasteiger partial charge in [-0.15, -0.1) is 12.4 Å². The molecule has 1 unspecified atom stereocenters. The number of rotatable bonds is 3. The molecule has 3 aromatic rings. The second-order valence-corrected chi connectivity index (χ2v) is 6.45. The van der Waals surface area contributed by atoms with E-state index < -0.39 is 0 Å². The van der Waals surface area contributed by atoms with E-state index in [1.165, 1.54) is 16.5 Å². The molecule has 0 saturated carbocycles. The lowest BCUT2D eigenvalue weighted by Crippen LogP contribution is -2.45. The fourth-order valence-corrected chi connectivity index (χ4v) is 3.46. The van der Waals surface area contributed by atoms with E-state index in [2.05, 4.69) is 62.6 Å². The van der Waals surface area contributed by atoms with E-state index in [4.69, 9.17) is 0 Å². The second kappa shape index (κ2) is 7.91. The average Bonchev–Trinajstić information content (AvgIpc) is 2.63. The van der Waals surface area contributed by atoms with Crippen molar-refractivity contribution in [2.75, 3.05) is 19.6 Å². The van der Waals surface area contributed by atoms with Crippen molar-refractivity contribution in [2.24, 2.45) is 0 Å². The molecule has 0 aliphatic carbocycles. The number of halogens is 1. The lowest BCUT2D eigenvalue weighted by atomic mass is 10.0. The van der Waals surface area contributed by atoms with Gasteiger partial charge in [-0.25, -0.2) is 0 Å². The van der Waals surface area contributed by atoms with Gasteiger partial charge in [0.1, 0.15) is 0 Å². The molecule has 0 radical (unpaired) electrons. The number of nitrogens with one attached hydrogen (secondary N) is 1. The van der Waals surface area contributed by atoms with Crippen LogP contribution in [-0.2, 0) is 6.54 Å². The van der Waals surface area contributed by atoms with Crippen LogP contribution in [-0.4, -0.2) is 34.5 Å². The maximum absolute atomic E-state index is 4.60. The first-order valence-corrected chi connectivity index (χ1v) is 8.50. The molecule has 0 amide bonds. The zero-order valence-corrected chi connectivity index (χ0v) is 15.2. The van der Waals surface area contributed by atoms with Gasteiger partial charge in [-0.2, -0.15) is 0 Å². The van der Waals surface area contributed by atoms with Crippen molar-refractivity contribution in [3.8, 4) is 0 Å². The van der Waals surface area contributed by atoms with Crippen molar-refractivity contribution in [1.82, 2.24) is 20.2 Å². The van der Waals surface area contributed by atoms with Gasteiger partial charge < -0.3 is 5.32 Å². The maximum atomic E-state index is 4.60. The van der Waals surface area contributed by atoms with Crippen LogP contribution in [0, 0.1) is 6.92 Å². The number of aryl methyl sites for hydroxylation is 1. The highest BCUT2D eigenvalue weighted by molar-refractivity contribution is 5.85. The number of aromatic nitrogens is 2. The van der Waals surface area contributed by atoms with Crippen LogP contribution in [0.4, 0.5) is 0 Å². The van der Waals surface area contributed by atoms with Gasteiger partial charge in [0.25, 0.3) is 0 Å². The molecule has 1 atom stereocenters. The molecule has 1 N–H and O–H groups in total. The Hall–Kier alpha value is -2.01. The third-order valence-electron chi connectivity index (χ3n) is 4.72. The third-order valence-corrected chi connectivity index (χ3v) is 4.72. The smallest absolute Gasteiger partial charge is 0.0705 e. The van der Waals surface area contributed by atoms with Gasteiger partial charge in [0.05, 0.1) is 5.52 Å². The van der Waals surface area contributed by atoms with E-state index in [1.807, 2.05) is 19.3 Å². The second-order valence-electron chi connectivity index (χ2n) is 6.45. The predicted molar refractivity (Wildman–Crippen MR) is 104 cm³/mol. The summed E-state index contributed by atoms with van der Waals surface area (Å²) in [4.78, 5) is 11.3. The van der Waals surface area contributed by atoms with Crippen molar-refractivity contribution in [3.05, 3.63) is 71.7 Å². The summed E-state index contributed by atoms with van der Waals surface area (Å²) in [5.41, 5.74) is 4.81. The quantitative estimate of drug-likeness (QED) is 0.781. The summed E-state index contributed by atoms with van der Waals surface area (Å²) in [6.07, 6.45) is 3.76. The Morgan fingerprint density at radius 3 is 2.80 bits per heavy atom. The summed E-state index contributed by atoms with van der Waals surface area (Å²) in [6.45, 7) is 6.07. The molecule has 0 bridgehead atoms. The molecule has 1 aromatic carbocycles. The highest BCUT2D eigenvalue weighted by Crippen LogP contribution is 2.24. The van der Waals surface area contributed by atoms with Crippen LogP contribution in [0.5, 0.6) is 0 Å². The van der Waals surface area contributed by atoms with E-state index >= 15 is 0 Å². The minimum absolute atomic E-state index is 0. The van der Waals surface area contributed by atoms with Crippen LogP contribution in [0.15, 0.2) is 54.9 Å². The highest BCUT2D eigenvalue weighted by Gasteiger charge is 2.23. The maximum Gasteiger partial charge on any atom is 0.0705 e. The van der Waals surface area contributed by atoms with Crippen LogP contribution in [0.3, 0.4) is 0 Å². The Labute approximate surface area is 154 Å². The van der Waals surface area contributed by atoms with Gasteiger partial charge >= 0.3 is 0 Å². The number of nitrogens with zero attached hydrogens (tertiary/aromatic N) is 3. The standard InChI is InChI=1S/C20H22N4.ClH/c1-15-2-4-18-12-16(3-5-19(18)23-15)14-24-11-10-22-13-20(24)17-6-8-21-9-7-17;/h2-9,12,20,22H,10-11,13-14H2,1H3;1H. The first-order valence-electron chi connectivity index (χ1n) is 8.50. The van der Waals surface area contributed by atoms with Crippen LogP contribution >= 0.6 is 12.4 Å². The molecular weight excluding hydrogens is 332 g/mol. The molecule has 5 heteroatoms. The lowest BCUT2D eigenvalue weighted by molar-refractivity contribution is 0.154. The Kier molecular flexibility index (Phi) is 5.63. The number of hydrogen-bond acceptors (Lipinski definition) is 4. The number of hydrogen-bond donors (Lipinski definition) is 1. The van der Waals surface area contributed by atoms with Crippen molar-refractivity contribution >= 4 is 23.3 Å². The fourth-order valence-electron chi connectivity index (χ4n) is 3.46. The monoisotopic (exact) mass is 354 g/mol. The minimum Gasteiger partial charge on any atom is -0.314 e. The molecule has 1 aliphatic heterocycles. The largest absolute Gasteiger partial charge is 0.314 e. The minimum atomic E-state index is 0. The van der Waals surface area contributed by atoms with Crippen LogP contribution in [0.1, 0.15) is 22.9 Å². The normalized spacial score (nSPS) is 18.0. The molecule has 0 spiro atoms. The summed E-state index contributed by atoms with van der Waals surface area (Å²) in [7, 11) is 0. The zero-order chi connectivity index (χ0) is 16.4. The number of piperazine rings is 1. The molecular formula is C20H23ClN4. The van der Waals surface area contributed by atoms with E-state index in [0.29, 0.717) is 6.04 Å².